The number of anilines is 2. The average molecular weight is 571 g/mol. The summed E-state index contributed by atoms with van der Waals surface area (Å²) in [5.74, 6) is -0.307. The molecule has 0 spiro atoms. The third kappa shape index (κ3) is 6.93. The number of fused-ring (bicyclic) bond motifs is 1. The Bertz CT molecular complexity index is 1270. The number of aromatic nitrogens is 4. The van der Waals surface area contributed by atoms with E-state index in [0.29, 0.717) is 26.1 Å². The summed E-state index contributed by atoms with van der Waals surface area (Å²) in [6.45, 7) is 4.45. The maximum atomic E-state index is 11.9. The lowest BCUT2D eigenvalue weighted by Gasteiger charge is -2.30. The Morgan fingerprint density at radius 1 is 1.31 bits per heavy atom. The molecule has 0 radical (unpaired) electrons. The van der Waals surface area contributed by atoms with E-state index in [9.17, 15) is 18.0 Å². The quantitative estimate of drug-likeness (QED) is 0.381. The fourth-order valence-corrected chi connectivity index (χ4v) is 3.81. The first-order valence-electron chi connectivity index (χ1n) is 10.6. The summed E-state index contributed by atoms with van der Waals surface area (Å²) in [6.07, 6.45) is -1.14. The van der Waals surface area contributed by atoms with E-state index in [1.807, 2.05) is 31.2 Å². The highest BCUT2D eigenvalue weighted by molar-refractivity contribution is 9.10. The minimum absolute atomic E-state index is 0.103. The number of nitrogens with zero attached hydrogens (tertiary/aromatic N) is 4. The molecule has 3 N–H and O–H groups in total. The van der Waals surface area contributed by atoms with Crippen LogP contribution in [-0.2, 0) is 17.8 Å². The topological polar surface area (TPSA) is 133 Å². The summed E-state index contributed by atoms with van der Waals surface area (Å²) in [6, 6.07) is 7.76. The van der Waals surface area contributed by atoms with Gasteiger partial charge in [-0.1, -0.05) is 12.1 Å². The van der Waals surface area contributed by atoms with Crippen LogP contribution in [0.5, 0.6) is 5.75 Å². The second kappa shape index (κ2) is 11.8. The molecule has 0 bridgehead atoms. The van der Waals surface area contributed by atoms with Gasteiger partial charge >= 0.3 is 12.1 Å². The zero-order chi connectivity index (χ0) is 26.3. The second-order valence-electron chi connectivity index (χ2n) is 7.55. The van der Waals surface area contributed by atoms with Gasteiger partial charge < -0.3 is 20.1 Å². The van der Waals surface area contributed by atoms with Crippen molar-refractivity contribution in [1.82, 2.24) is 20.2 Å². The Labute approximate surface area is 211 Å². The summed E-state index contributed by atoms with van der Waals surface area (Å²) in [4.78, 5) is 31.8. The fourth-order valence-electron chi connectivity index (χ4n) is 3.41. The second-order valence-corrected chi connectivity index (χ2v) is 8.41. The first-order chi connectivity index (χ1) is 17.1. The normalized spacial score (nSPS) is 12.8. The number of H-pyrrole nitrogens is 1. The number of hydrogen-bond acceptors (Lipinski definition) is 8. The van der Waals surface area contributed by atoms with Crippen LogP contribution in [0.1, 0.15) is 16.7 Å². The molecular weight excluding hydrogens is 549 g/mol. The number of rotatable bonds is 6. The molecule has 1 aliphatic rings. The molecule has 3 heterocycles. The standard InChI is InChI=1S/C20H21BrN6O2.C2HF3O2/c1-13-18(22-7-9-29-17-5-3-2-4-16(17)21)23-12-24-19(13)27-8-6-15-14(11-27)10-25-26-20(15)28;3-2(4,5)1(6)7/h2-5,10,12H,6-9,11H2,1H3,(H,26,28)(H,22,23,24);(H,6,7). The first-order valence-corrected chi connectivity index (χ1v) is 11.4. The smallest absolute Gasteiger partial charge is 0.490 e. The number of halogens is 4. The predicted molar refractivity (Wildman–Crippen MR) is 128 cm³/mol. The number of para-hydroxylation sites is 1. The van der Waals surface area contributed by atoms with Crippen LogP contribution in [0.3, 0.4) is 0 Å². The number of benzene rings is 1. The number of carbonyl (C=O) groups is 1. The number of hydrogen-bond donors (Lipinski definition) is 3. The molecule has 0 saturated heterocycles. The van der Waals surface area contributed by atoms with E-state index >= 15 is 0 Å². The monoisotopic (exact) mass is 570 g/mol. The fraction of sp³-hybridized carbons (Fsp3) is 0.318. The lowest BCUT2D eigenvalue weighted by atomic mass is 10.0. The van der Waals surface area contributed by atoms with Gasteiger partial charge in [-0.05, 0) is 41.4 Å². The summed E-state index contributed by atoms with van der Waals surface area (Å²) in [5, 5.41) is 16.9. The predicted octanol–water partition coefficient (Wildman–Crippen LogP) is 3.32. The lowest BCUT2D eigenvalue weighted by molar-refractivity contribution is -0.192. The van der Waals surface area contributed by atoms with Crippen LogP contribution >= 0.6 is 15.9 Å². The van der Waals surface area contributed by atoms with Crippen LogP contribution in [0, 0.1) is 6.92 Å². The van der Waals surface area contributed by atoms with Crippen LogP contribution in [0.4, 0.5) is 24.8 Å². The van der Waals surface area contributed by atoms with Crippen molar-refractivity contribution in [3.05, 3.63) is 68.3 Å². The van der Waals surface area contributed by atoms with Crippen LogP contribution in [0.25, 0.3) is 0 Å². The Hall–Kier alpha value is -3.68. The summed E-state index contributed by atoms with van der Waals surface area (Å²) < 4.78 is 38.5. The van der Waals surface area contributed by atoms with Crippen molar-refractivity contribution in [3.63, 3.8) is 0 Å². The minimum atomic E-state index is -5.08. The van der Waals surface area contributed by atoms with E-state index in [-0.39, 0.29) is 5.56 Å². The van der Waals surface area contributed by atoms with Gasteiger partial charge in [0.15, 0.2) is 0 Å². The van der Waals surface area contributed by atoms with Crippen molar-refractivity contribution in [3.8, 4) is 5.75 Å². The maximum absolute atomic E-state index is 11.9. The van der Waals surface area contributed by atoms with Gasteiger partial charge in [0.25, 0.3) is 5.56 Å². The van der Waals surface area contributed by atoms with Gasteiger partial charge in [-0.15, -0.1) is 0 Å². The number of carboxylic acid groups (broad SMARTS) is 1. The molecule has 0 saturated carbocycles. The molecule has 4 rings (SSSR count). The van der Waals surface area contributed by atoms with Crippen molar-refractivity contribution in [2.24, 2.45) is 0 Å². The molecule has 36 heavy (non-hydrogen) atoms. The number of carboxylic acids is 1. The van der Waals surface area contributed by atoms with Crippen molar-refractivity contribution < 1.29 is 27.8 Å². The van der Waals surface area contributed by atoms with Crippen molar-refractivity contribution in [2.75, 3.05) is 29.9 Å². The van der Waals surface area contributed by atoms with Gasteiger partial charge in [-0.25, -0.2) is 19.9 Å². The maximum Gasteiger partial charge on any atom is 0.490 e. The van der Waals surface area contributed by atoms with E-state index in [4.69, 9.17) is 14.6 Å². The van der Waals surface area contributed by atoms with E-state index in [0.717, 1.165) is 45.1 Å². The highest BCUT2D eigenvalue weighted by atomic mass is 79.9. The third-order valence-corrected chi connectivity index (χ3v) is 5.78. The van der Waals surface area contributed by atoms with E-state index in [2.05, 4.69) is 46.3 Å². The Balaban J connectivity index is 0.000000454. The van der Waals surface area contributed by atoms with Crippen LogP contribution in [-0.4, -0.2) is 57.1 Å². The SMILES string of the molecule is Cc1c(NCCOc2ccccc2Br)ncnc1N1CCc2c(cn[nH]c2=O)C1.O=C(O)C(F)(F)F. The number of nitrogens with one attached hydrogen (secondary N) is 2. The highest BCUT2D eigenvalue weighted by Crippen LogP contribution is 2.27. The van der Waals surface area contributed by atoms with Gasteiger partial charge in [-0.3, -0.25) is 4.79 Å². The summed E-state index contributed by atoms with van der Waals surface area (Å²) in [5.41, 5.74) is 2.61. The minimum Gasteiger partial charge on any atom is -0.491 e. The molecule has 0 fully saturated rings. The Morgan fingerprint density at radius 2 is 2.03 bits per heavy atom. The van der Waals surface area contributed by atoms with Gasteiger partial charge in [0.1, 0.15) is 30.3 Å². The molecule has 14 heteroatoms. The zero-order valence-corrected chi connectivity index (χ0v) is 20.6. The van der Waals surface area contributed by atoms with Crippen molar-refractivity contribution in [2.45, 2.75) is 26.1 Å². The Kier molecular flexibility index (Phi) is 8.85. The molecule has 192 valence electrons. The molecule has 1 aliphatic heterocycles. The molecule has 0 atom stereocenters. The van der Waals surface area contributed by atoms with Crippen LogP contribution in [0.15, 0.2) is 46.1 Å². The van der Waals surface area contributed by atoms with E-state index < -0.39 is 12.1 Å². The van der Waals surface area contributed by atoms with Gasteiger partial charge in [0.2, 0.25) is 0 Å². The number of ether oxygens (including phenoxy) is 1. The lowest BCUT2D eigenvalue weighted by Crippen LogP contribution is -2.35. The van der Waals surface area contributed by atoms with Crippen molar-refractivity contribution >= 4 is 33.5 Å². The molecule has 10 nitrogen and oxygen atoms in total. The largest absolute Gasteiger partial charge is 0.491 e. The van der Waals surface area contributed by atoms with Crippen LogP contribution < -0.4 is 20.5 Å². The van der Waals surface area contributed by atoms with Crippen LogP contribution in [0.2, 0.25) is 0 Å². The summed E-state index contributed by atoms with van der Waals surface area (Å²) >= 11 is 3.48. The molecular formula is C22H22BrF3N6O4. The van der Waals surface area contributed by atoms with Crippen molar-refractivity contribution in [1.29, 1.82) is 0 Å². The number of aromatic amines is 1. The average Bonchev–Trinajstić information content (AvgIpc) is 2.83. The summed E-state index contributed by atoms with van der Waals surface area (Å²) in [7, 11) is 0. The molecule has 0 amide bonds. The van der Waals surface area contributed by atoms with Gasteiger partial charge in [-0.2, -0.15) is 18.3 Å². The number of alkyl halides is 3. The molecule has 3 aromatic rings. The molecule has 0 unspecified atom stereocenters. The highest BCUT2D eigenvalue weighted by Gasteiger charge is 2.38. The molecule has 2 aromatic heterocycles. The number of aliphatic carboxylic acids is 1. The molecule has 0 aliphatic carbocycles. The van der Waals surface area contributed by atoms with E-state index in [1.165, 1.54) is 0 Å². The first kappa shape index (κ1) is 26.9. The van der Waals surface area contributed by atoms with Gasteiger partial charge in [0.05, 0.1) is 17.2 Å². The van der Waals surface area contributed by atoms with E-state index in [1.54, 1.807) is 12.5 Å². The Morgan fingerprint density at radius 3 is 2.72 bits per heavy atom. The van der Waals surface area contributed by atoms with Gasteiger partial charge in [0, 0.05) is 29.8 Å². The molecule has 1 aromatic carbocycles. The third-order valence-electron chi connectivity index (χ3n) is 5.13. The zero-order valence-electron chi connectivity index (χ0n) is 19.0.